The molecule has 0 aliphatic carbocycles. The summed E-state index contributed by atoms with van der Waals surface area (Å²) >= 11 is 0. The molecule has 0 aromatic heterocycles. The van der Waals surface area contributed by atoms with Gasteiger partial charge in [0.15, 0.2) is 0 Å². The molecular formula is C15H23NO. The van der Waals surface area contributed by atoms with E-state index >= 15 is 0 Å². The van der Waals surface area contributed by atoms with Crippen LogP contribution in [0.4, 0.5) is 5.69 Å². The van der Waals surface area contributed by atoms with Gasteiger partial charge in [-0.3, -0.25) is 4.79 Å². The smallest absolute Gasteiger partial charge is 0.132 e. The Balaban J connectivity index is 2.55. The van der Waals surface area contributed by atoms with Crippen LogP contribution in [-0.2, 0) is 4.79 Å². The summed E-state index contributed by atoms with van der Waals surface area (Å²) in [5.74, 6) is 0.367. The molecule has 0 amide bonds. The monoisotopic (exact) mass is 233 g/mol. The van der Waals surface area contributed by atoms with Gasteiger partial charge in [-0.2, -0.15) is 0 Å². The molecule has 2 heteroatoms. The van der Waals surface area contributed by atoms with Crippen LogP contribution in [0.15, 0.2) is 24.3 Å². The molecule has 0 atom stereocenters. The molecule has 94 valence electrons. The van der Waals surface area contributed by atoms with E-state index < -0.39 is 0 Å². The van der Waals surface area contributed by atoms with Crippen LogP contribution in [0, 0.1) is 6.92 Å². The van der Waals surface area contributed by atoms with E-state index in [9.17, 15) is 4.79 Å². The third kappa shape index (κ3) is 4.22. The summed E-state index contributed by atoms with van der Waals surface area (Å²) in [6.07, 6.45) is 2.32. The summed E-state index contributed by atoms with van der Waals surface area (Å²) in [5, 5.41) is 0. The molecule has 1 aromatic carbocycles. The van der Waals surface area contributed by atoms with Gasteiger partial charge >= 0.3 is 0 Å². The molecule has 0 radical (unpaired) electrons. The molecule has 0 heterocycles. The minimum absolute atomic E-state index is 0.367. The Morgan fingerprint density at radius 3 is 2.53 bits per heavy atom. The molecule has 0 saturated heterocycles. The first-order valence-corrected chi connectivity index (χ1v) is 6.51. The van der Waals surface area contributed by atoms with Crippen LogP contribution in [0.3, 0.4) is 0 Å². The van der Waals surface area contributed by atoms with E-state index in [2.05, 4.69) is 43.0 Å². The van der Waals surface area contributed by atoms with Crippen LogP contribution in [0.2, 0.25) is 0 Å². The van der Waals surface area contributed by atoms with Crippen molar-refractivity contribution in [2.45, 2.75) is 40.0 Å². The fourth-order valence-corrected chi connectivity index (χ4v) is 2.01. The first kappa shape index (κ1) is 13.8. The van der Waals surface area contributed by atoms with E-state index in [-0.39, 0.29) is 0 Å². The second kappa shape index (κ2) is 7.10. The molecular weight excluding hydrogens is 210 g/mol. The number of hydrogen-bond acceptors (Lipinski definition) is 2. The number of nitrogens with zero attached hydrogens (tertiary/aromatic N) is 1. The zero-order valence-corrected chi connectivity index (χ0v) is 11.2. The zero-order valence-electron chi connectivity index (χ0n) is 11.2. The Bertz CT molecular complexity index is 360. The van der Waals surface area contributed by atoms with Gasteiger partial charge in [-0.05, 0) is 31.9 Å². The Hall–Kier alpha value is -1.31. The van der Waals surface area contributed by atoms with Crippen molar-refractivity contribution >= 4 is 11.5 Å². The highest BCUT2D eigenvalue weighted by atomic mass is 16.1. The predicted molar refractivity (Wildman–Crippen MR) is 73.6 cm³/mol. The number of benzene rings is 1. The van der Waals surface area contributed by atoms with E-state index in [1.807, 2.05) is 6.92 Å². The van der Waals surface area contributed by atoms with Gasteiger partial charge in [0.05, 0.1) is 0 Å². The lowest BCUT2D eigenvalue weighted by Gasteiger charge is -2.24. The molecule has 1 aromatic rings. The molecule has 0 aliphatic heterocycles. The van der Waals surface area contributed by atoms with E-state index in [1.54, 1.807) is 0 Å². The first-order valence-electron chi connectivity index (χ1n) is 6.51. The van der Waals surface area contributed by atoms with E-state index in [0.29, 0.717) is 18.6 Å². The first-order chi connectivity index (χ1) is 8.19. The number of rotatable bonds is 7. The average Bonchev–Trinajstić information content (AvgIpc) is 2.35. The van der Waals surface area contributed by atoms with E-state index in [0.717, 1.165) is 19.5 Å². The minimum atomic E-state index is 0.367. The van der Waals surface area contributed by atoms with Crippen LogP contribution >= 0.6 is 0 Å². The van der Waals surface area contributed by atoms with Gasteiger partial charge < -0.3 is 4.90 Å². The van der Waals surface area contributed by atoms with Crippen molar-refractivity contribution in [3.63, 3.8) is 0 Å². The van der Waals surface area contributed by atoms with Crippen molar-refractivity contribution in [3.8, 4) is 0 Å². The predicted octanol–water partition coefficient (Wildman–Crippen LogP) is 3.58. The molecule has 0 N–H and O–H groups in total. The fraction of sp³-hybridized carbons (Fsp3) is 0.533. The van der Waals surface area contributed by atoms with E-state index in [1.165, 1.54) is 11.3 Å². The Morgan fingerprint density at radius 2 is 1.94 bits per heavy atom. The van der Waals surface area contributed by atoms with Crippen LogP contribution in [0.5, 0.6) is 0 Å². The summed E-state index contributed by atoms with van der Waals surface area (Å²) in [7, 11) is 0. The highest BCUT2D eigenvalue weighted by Crippen LogP contribution is 2.19. The maximum atomic E-state index is 11.3. The van der Waals surface area contributed by atoms with Gasteiger partial charge in [0.1, 0.15) is 5.78 Å². The van der Waals surface area contributed by atoms with Crippen molar-refractivity contribution in [1.82, 2.24) is 0 Å². The summed E-state index contributed by atoms with van der Waals surface area (Å²) in [6.45, 7) is 8.18. The number of carbonyl (C=O) groups excluding carboxylic acids is 1. The quantitative estimate of drug-likeness (QED) is 0.717. The molecule has 0 aliphatic rings. The van der Waals surface area contributed by atoms with Gasteiger partial charge in [0, 0.05) is 31.6 Å². The number of hydrogen-bond donors (Lipinski definition) is 0. The van der Waals surface area contributed by atoms with Crippen molar-refractivity contribution in [3.05, 3.63) is 29.8 Å². The SMILES string of the molecule is CCC(=O)CCCN(CC)c1ccccc1C. The maximum absolute atomic E-state index is 11.3. The van der Waals surface area contributed by atoms with Gasteiger partial charge in [-0.1, -0.05) is 25.1 Å². The summed E-state index contributed by atoms with van der Waals surface area (Å²) in [5.41, 5.74) is 2.59. The molecule has 1 rings (SSSR count). The molecule has 0 bridgehead atoms. The Kier molecular flexibility index (Phi) is 5.75. The van der Waals surface area contributed by atoms with Crippen molar-refractivity contribution in [1.29, 1.82) is 0 Å². The number of anilines is 1. The van der Waals surface area contributed by atoms with Gasteiger partial charge in [-0.15, -0.1) is 0 Å². The fourth-order valence-electron chi connectivity index (χ4n) is 2.01. The molecule has 2 nitrogen and oxygen atoms in total. The van der Waals surface area contributed by atoms with Crippen molar-refractivity contribution in [2.24, 2.45) is 0 Å². The molecule has 0 spiro atoms. The lowest BCUT2D eigenvalue weighted by molar-refractivity contribution is -0.118. The average molecular weight is 233 g/mol. The third-order valence-corrected chi connectivity index (χ3v) is 3.12. The number of para-hydroxylation sites is 1. The Labute approximate surface area is 105 Å². The minimum Gasteiger partial charge on any atom is -0.372 e. The number of ketones is 1. The molecule has 17 heavy (non-hydrogen) atoms. The second-order valence-corrected chi connectivity index (χ2v) is 4.36. The molecule has 0 fully saturated rings. The normalized spacial score (nSPS) is 10.3. The van der Waals surface area contributed by atoms with Gasteiger partial charge in [0.2, 0.25) is 0 Å². The lowest BCUT2D eigenvalue weighted by Crippen LogP contribution is -2.25. The topological polar surface area (TPSA) is 20.3 Å². The number of Topliss-reactive ketones (excluding diaryl/α,β-unsaturated/α-hetero) is 1. The number of carbonyl (C=O) groups is 1. The second-order valence-electron chi connectivity index (χ2n) is 4.36. The van der Waals surface area contributed by atoms with E-state index in [4.69, 9.17) is 0 Å². The summed E-state index contributed by atoms with van der Waals surface area (Å²) in [4.78, 5) is 13.6. The van der Waals surface area contributed by atoms with Crippen molar-refractivity contribution < 1.29 is 4.79 Å². The van der Waals surface area contributed by atoms with Gasteiger partial charge in [-0.25, -0.2) is 0 Å². The largest absolute Gasteiger partial charge is 0.372 e. The van der Waals surface area contributed by atoms with Crippen LogP contribution in [0.25, 0.3) is 0 Å². The third-order valence-electron chi connectivity index (χ3n) is 3.12. The van der Waals surface area contributed by atoms with Gasteiger partial charge in [0.25, 0.3) is 0 Å². The van der Waals surface area contributed by atoms with Crippen LogP contribution in [0.1, 0.15) is 38.7 Å². The molecule has 0 saturated carbocycles. The van der Waals surface area contributed by atoms with Crippen LogP contribution in [-0.4, -0.2) is 18.9 Å². The highest BCUT2D eigenvalue weighted by molar-refractivity contribution is 5.77. The maximum Gasteiger partial charge on any atom is 0.132 e. The summed E-state index contributed by atoms with van der Waals surface area (Å²) in [6, 6.07) is 8.42. The Morgan fingerprint density at radius 1 is 1.24 bits per heavy atom. The standard InChI is InChI=1S/C15H23NO/c1-4-14(17)10-8-12-16(5-2)15-11-7-6-9-13(15)3/h6-7,9,11H,4-5,8,10,12H2,1-3H3. The van der Waals surface area contributed by atoms with Crippen LogP contribution < -0.4 is 4.90 Å². The highest BCUT2D eigenvalue weighted by Gasteiger charge is 2.07. The summed E-state index contributed by atoms with van der Waals surface area (Å²) < 4.78 is 0. The van der Waals surface area contributed by atoms with Crippen molar-refractivity contribution in [2.75, 3.05) is 18.0 Å². The number of aryl methyl sites for hydroxylation is 1. The lowest BCUT2D eigenvalue weighted by atomic mass is 10.1. The molecule has 0 unspecified atom stereocenters. The zero-order chi connectivity index (χ0) is 12.7.